The monoisotopic (exact) mass is 378 g/mol. The molecule has 0 aromatic heterocycles. The van der Waals surface area contributed by atoms with E-state index in [0.29, 0.717) is 34.5 Å². The van der Waals surface area contributed by atoms with Crippen molar-refractivity contribution in [3.8, 4) is 5.75 Å². The number of halogens is 5. The molecule has 0 amide bonds. The van der Waals surface area contributed by atoms with E-state index in [9.17, 15) is 13.2 Å². The second-order valence-electron chi connectivity index (χ2n) is 4.26. The SMILES string of the molecule is CCOc1ccc(Br)cc1C(Cl)c1c(F)cc(F)cc1F. The van der Waals surface area contributed by atoms with Gasteiger partial charge < -0.3 is 4.74 Å². The van der Waals surface area contributed by atoms with Crippen LogP contribution in [0.15, 0.2) is 34.8 Å². The summed E-state index contributed by atoms with van der Waals surface area (Å²) in [5.41, 5.74) is -0.00517. The van der Waals surface area contributed by atoms with Crippen molar-refractivity contribution in [3.05, 3.63) is 63.4 Å². The van der Waals surface area contributed by atoms with Crippen molar-refractivity contribution in [1.29, 1.82) is 0 Å². The Kier molecular flexibility index (Phi) is 5.17. The zero-order chi connectivity index (χ0) is 15.6. The van der Waals surface area contributed by atoms with Gasteiger partial charge in [-0.15, -0.1) is 11.6 Å². The highest BCUT2D eigenvalue weighted by molar-refractivity contribution is 9.10. The zero-order valence-electron chi connectivity index (χ0n) is 11.0. The molecule has 0 saturated heterocycles. The molecule has 112 valence electrons. The van der Waals surface area contributed by atoms with E-state index in [0.717, 1.165) is 0 Å². The summed E-state index contributed by atoms with van der Waals surface area (Å²) in [6.45, 7) is 2.17. The summed E-state index contributed by atoms with van der Waals surface area (Å²) in [4.78, 5) is 0. The van der Waals surface area contributed by atoms with E-state index >= 15 is 0 Å². The van der Waals surface area contributed by atoms with Crippen molar-refractivity contribution in [2.45, 2.75) is 12.3 Å². The van der Waals surface area contributed by atoms with Crippen LogP contribution in [0.3, 0.4) is 0 Å². The molecule has 2 aromatic carbocycles. The number of hydrogen-bond donors (Lipinski definition) is 0. The van der Waals surface area contributed by atoms with Crippen LogP contribution in [-0.4, -0.2) is 6.61 Å². The predicted octanol–water partition coefficient (Wildman–Crippen LogP) is 5.59. The van der Waals surface area contributed by atoms with E-state index in [2.05, 4.69) is 15.9 Å². The first-order chi connectivity index (χ1) is 9.93. The van der Waals surface area contributed by atoms with Crippen LogP contribution < -0.4 is 4.74 Å². The minimum absolute atomic E-state index is 0.382. The lowest BCUT2D eigenvalue weighted by molar-refractivity contribution is 0.336. The van der Waals surface area contributed by atoms with Crippen LogP contribution in [0, 0.1) is 17.5 Å². The Labute approximate surface area is 133 Å². The molecule has 0 bridgehead atoms. The molecular formula is C15H11BrClF3O. The molecule has 0 heterocycles. The van der Waals surface area contributed by atoms with Gasteiger partial charge in [0.1, 0.15) is 23.2 Å². The third-order valence-corrected chi connectivity index (χ3v) is 3.79. The second kappa shape index (κ2) is 6.71. The van der Waals surface area contributed by atoms with Gasteiger partial charge in [0.05, 0.1) is 12.0 Å². The minimum Gasteiger partial charge on any atom is -0.494 e. The molecule has 0 spiro atoms. The number of benzene rings is 2. The fraction of sp³-hybridized carbons (Fsp3) is 0.200. The maximum Gasteiger partial charge on any atom is 0.134 e. The standard InChI is InChI=1S/C15H11BrClF3O/c1-2-21-13-4-3-8(16)5-10(13)15(17)14-11(19)6-9(18)7-12(14)20/h3-7,15H,2H2,1H3. The fourth-order valence-corrected chi connectivity index (χ4v) is 2.71. The molecule has 0 N–H and O–H groups in total. The summed E-state index contributed by atoms with van der Waals surface area (Å²) in [6.07, 6.45) is 0. The van der Waals surface area contributed by atoms with Gasteiger partial charge in [0.25, 0.3) is 0 Å². The first-order valence-electron chi connectivity index (χ1n) is 6.14. The summed E-state index contributed by atoms with van der Waals surface area (Å²) >= 11 is 9.48. The highest BCUT2D eigenvalue weighted by atomic mass is 79.9. The Morgan fingerprint density at radius 2 is 1.76 bits per heavy atom. The molecule has 2 aromatic rings. The summed E-state index contributed by atoms with van der Waals surface area (Å²) in [5.74, 6) is -2.63. The highest BCUT2D eigenvalue weighted by Crippen LogP contribution is 2.39. The van der Waals surface area contributed by atoms with Crippen molar-refractivity contribution < 1.29 is 17.9 Å². The van der Waals surface area contributed by atoms with Crippen LogP contribution >= 0.6 is 27.5 Å². The van der Waals surface area contributed by atoms with E-state index in [1.165, 1.54) is 0 Å². The van der Waals surface area contributed by atoms with Gasteiger partial charge in [-0.05, 0) is 25.1 Å². The Morgan fingerprint density at radius 3 is 2.33 bits per heavy atom. The largest absolute Gasteiger partial charge is 0.494 e. The maximum atomic E-state index is 13.8. The molecular weight excluding hydrogens is 369 g/mol. The van der Waals surface area contributed by atoms with Gasteiger partial charge in [-0.1, -0.05) is 15.9 Å². The van der Waals surface area contributed by atoms with Crippen molar-refractivity contribution in [2.75, 3.05) is 6.61 Å². The van der Waals surface area contributed by atoms with Crippen molar-refractivity contribution >= 4 is 27.5 Å². The number of ether oxygens (including phenoxy) is 1. The normalized spacial score (nSPS) is 12.3. The van der Waals surface area contributed by atoms with Crippen LogP contribution in [0.5, 0.6) is 5.75 Å². The van der Waals surface area contributed by atoms with E-state index < -0.39 is 28.4 Å². The smallest absolute Gasteiger partial charge is 0.134 e. The number of rotatable bonds is 4. The molecule has 1 atom stereocenters. The van der Waals surface area contributed by atoms with E-state index in [4.69, 9.17) is 16.3 Å². The minimum atomic E-state index is -1.13. The van der Waals surface area contributed by atoms with Crippen LogP contribution in [0.25, 0.3) is 0 Å². The molecule has 1 unspecified atom stereocenters. The molecule has 0 saturated carbocycles. The first-order valence-corrected chi connectivity index (χ1v) is 7.37. The zero-order valence-corrected chi connectivity index (χ0v) is 13.3. The lowest BCUT2D eigenvalue weighted by Crippen LogP contribution is -2.05. The van der Waals surface area contributed by atoms with Crippen molar-refractivity contribution in [1.82, 2.24) is 0 Å². The predicted molar refractivity (Wildman–Crippen MR) is 79.3 cm³/mol. The van der Waals surface area contributed by atoms with Crippen LogP contribution in [0.4, 0.5) is 13.2 Å². The Hall–Kier alpha value is -1.20. The lowest BCUT2D eigenvalue weighted by Gasteiger charge is -2.17. The number of hydrogen-bond acceptors (Lipinski definition) is 1. The third kappa shape index (κ3) is 3.52. The quantitative estimate of drug-likeness (QED) is 0.629. The van der Waals surface area contributed by atoms with Crippen LogP contribution in [0.2, 0.25) is 0 Å². The third-order valence-electron chi connectivity index (χ3n) is 2.84. The lowest BCUT2D eigenvalue weighted by atomic mass is 10.0. The van der Waals surface area contributed by atoms with Gasteiger partial charge in [0.2, 0.25) is 0 Å². The van der Waals surface area contributed by atoms with Gasteiger partial charge in [0.15, 0.2) is 0 Å². The molecule has 2 rings (SSSR count). The summed E-state index contributed by atoms with van der Waals surface area (Å²) in [7, 11) is 0. The van der Waals surface area contributed by atoms with E-state index in [1.54, 1.807) is 25.1 Å². The van der Waals surface area contributed by atoms with Crippen molar-refractivity contribution in [2.24, 2.45) is 0 Å². The average Bonchev–Trinajstić information content (AvgIpc) is 2.39. The van der Waals surface area contributed by atoms with Gasteiger partial charge >= 0.3 is 0 Å². The van der Waals surface area contributed by atoms with Gasteiger partial charge in [-0.25, -0.2) is 13.2 Å². The van der Waals surface area contributed by atoms with Crippen LogP contribution in [0.1, 0.15) is 23.4 Å². The maximum absolute atomic E-state index is 13.8. The van der Waals surface area contributed by atoms with Crippen LogP contribution in [-0.2, 0) is 0 Å². The number of alkyl halides is 1. The molecule has 6 heteroatoms. The second-order valence-corrected chi connectivity index (χ2v) is 5.61. The van der Waals surface area contributed by atoms with Gasteiger partial charge in [-0.3, -0.25) is 0 Å². The summed E-state index contributed by atoms with van der Waals surface area (Å²) in [6, 6.07) is 6.20. The molecule has 0 aliphatic rings. The Morgan fingerprint density at radius 1 is 1.14 bits per heavy atom. The molecule has 0 aliphatic carbocycles. The summed E-state index contributed by atoms with van der Waals surface area (Å²) < 4.78 is 46.8. The molecule has 1 nitrogen and oxygen atoms in total. The highest BCUT2D eigenvalue weighted by Gasteiger charge is 2.24. The topological polar surface area (TPSA) is 9.23 Å². The fourth-order valence-electron chi connectivity index (χ4n) is 1.96. The molecule has 0 aliphatic heterocycles. The summed E-state index contributed by atoms with van der Waals surface area (Å²) in [5, 5.41) is -1.13. The molecule has 0 radical (unpaired) electrons. The molecule has 21 heavy (non-hydrogen) atoms. The van der Waals surface area contributed by atoms with Crippen molar-refractivity contribution in [3.63, 3.8) is 0 Å². The van der Waals surface area contributed by atoms with E-state index in [-0.39, 0.29) is 0 Å². The Balaban J connectivity index is 2.54. The van der Waals surface area contributed by atoms with E-state index in [1.807, 2.05) is 0 Å². The molecule has 0 fully saturated rings. The Bertz CT molecular complexity index is 640. The average molecular weight is 380 g/mol. The first kappa shape index (κ1) is 16.2. The van der Waals surface area contributed by atoms with Gasteiger partial charge in [0, 0.05) is 27.7 Å². The van der Waals surface area contributed by atoms with Gasteiger partial charge in [-0.2, -0.15) is 0 Å².